The maximum atomic E-state index is 10.6. The number of aromatic nitrogens is 4. The highest BCUT2D eigenvalue weighted by Crippen LogP contribution is 2.41. The van der Waals surface area contributed by atoms with Crippen molar-refractivity contribution in [2.24, 2.45) is 5.41 Å². The predicted octanol–water partition coefficient (Wildman–Crippen LogP) is 1.99. The summed E-state index contributed by atoms with van der Waals surface area (Å²) in [7, 11) is 0. The number of rotatable bonds is 4. The summed E-state index contributed by atoms with van der Waals surface area (Å²) in [5, 5.41) is 20.9. The molecule has 0 spiro atoms. The standard InChI is InChI=1S/C11H18N4O2S/c1-11(2)5-3-4-8(6-11)15-10(12-13-14-15)18-7-9(16)17/h8H,3-7H2,1-2H3,(H,16,17). The zero-order valence-corrected chi connectivity index (χ0v) is 11.5. The minimum absolute atomic E-state index is 0.00349. The van der Waals surface area contributed by atoms with Crippen LogP contribution in [0.15, 0.2) is 5.16 Å². The van der Waals surface area contributed by atoms with Crippen LogP contribution in [-0.4, -0.2) is 37.0 Å². The number of hydrogen-bond donors (Lipinski definition) is 1. The summed E-state index contributed by atoms with van der Waals surface area (Å²) < 4.78 is 1.80. The highest BCUT2D eigenvalue weighted by atomic mass is 32.2. The molecule has 6 nitrogen and oxygen atoms in total. The van der Waals surface area contributed by atoms with Crippen molar-refractivity contribution in [3.63, 3.8) is 0 Å². The number of aliphatic carboxylic acids is 1. The van der Waals surface area contributed by atoms with Crippen molar-refractivity contribution >= 4 is 17.7 Å². The molecule has 0 radical (unpaired) electrons. The van der Waals surface area contributed by atoms with E-state index in [-0.39, 0.29) is 5.75 Å². The van der Waals surface area contributed by atoms with Crippen LogP contribution in [0.4, 0.5) is 0 Å². The molecule has 1 aliphatic rings. The first-order chi connectivity index (χ1) is 8.48. The Morgan fingerprint density at radius 2 is 2.39 bits per heavy atom. The fourth-order valence-electron chi connectivity index (χ4n) is 2.50. The number of carboxylic acid groups (broad SMARTS) is 1. The molecule has 1 atom stereocenters. The van der Waals surface area contributed by atoms with E-state index in [4.69, 9.17) is 5.11 Å². The van der Waals surface area contributed by atoms with Gasteiger partial charge >= 0.3 is 5.97 Å². The molecule has 1 fully saturated rings. The Morgan fingerprint density at radius 1 is 1.61 bits per heavy atom. The molecule has 2 rings (SSSR count). The zero-order chi connectivity index (χ0) is 13.2. The second-order valence-electron chi connectivity index (χ2n) is 5.50. The highest BCUT2D eigenvalue weighted by molar-refractivity contribution is 7.99. The van der Waals surface area contributed by atoms with Gasteiger partial charge in [-0.05, 0) is 35.1 Å². The third kappa shape index (κ3) is 3.22. The van der Waals surface area contributed by atoms with E-state index < -0.39 is 5.97 Å². The van der Waals surface area contributed by atoms with Crippen molar-refractivity contribution in [2.75, 3.05) is 5.75 Å². The van der Waals surface area contributed by atoms with Crippen LogP contribution >= 0.6 is 11.8 Å². The van der Waals surface area contributed by atoms with Crippen molar-refractivity contribution in [1.82, 2.24) is 20.2 Å². The Bertz CT molecular complexity index is 432. The summed E-state index contributed by atoms with van der Waals surface area (Å²) in [4.78, 5) is 10.6. The highest BCUT2D eigenvalue weighted by Gasteiger charge is 2.31. The van der Waals surface area contributed by atoms with Gasteiger partial charge in [0.05, 0.1) is 11.8 Å². The van der Waals surface area contributed by atoms with Crippen molar-refractivity contribution in [3.8, 4) is 0 Å². The first-order valence-electron chi connectivity index (χ1n) is 6.10. The van der Waals surface area contributed by atoms with Crippen molar-refractivity contribution in [3.05, 3.63) is 0 Å². The van der Waals surface area contributed by atoms with Gasteiger partial charge in [-0.2, -0.15) is 0 Å². The molecular formula is C11H18N4O2S. The normalized spacial score (nSPS) is 22.9. The largest absolute Gasteiger partial charge is 0.481 e. The molecule has 1 heterocycles. The van der Waals surface area contributed by atoms with Crippen LogP contribution in [-0.2, 0) is 4.79 Å². The van der Waals surface area contributed by atoms with E-state index in [0.29, 0.717) is 16.6 Å². The third-order valence-corrected chi connectivity index (χ3v) is 4.23. The molecule has 0 aliphatic heterocycles. The number of carboxylic acids is 1. The van der Waals surface area contributed by atoms with Crippen molar-refractivity contribution in [1.29, 1.82) is 0 Å². The average Bonchev–Trinajstić information content (AvgIpc) is 2.73. The smallest absolute Gasteiger partial charge is 0.313 e. The Labute approximate surface area is 110 Å². The van der Waals surface area contributed by atoms with E-state index >= 15 is 0 Å². The van der Waals surface area contributed by atoms with Gasteiger partial charge in [0.2, 0.25) is 5.16 Å². The summed E-state index contributed by atoms with van der Waals surface area (Å²) in [6.45, 7) is 4.52. The van der Waals surface area contributed by atoms with Gasteiger partial charge < -0.3 is 5.11 Å². The zero-order valence-electron chi connectivity index (χ0n) is 10.7. The molecular weight excluding hydrogens is 252 g/mol. The average molecular weight is 270 g/mol. The van der Waals surface area contributed by atoms with E-state index in [0.717, 1.165) is 12.8 Å². The third-order valence-electron chi connectivity index (χ3n) is 3.31. The number of thioether (sulfide) groups is 1. The quantitative estimate of drug-likeness (QED) is 0.843. The molecule has 18 heavy (non-hydrogen) atoms. The molecule has 0 bridgehead atoms. The first kappa shape index (κ1) is 13.3. The number of hydrogen-bond acceptors (Lipinski definition) is 5. The summed E-state index contributed by atoms with van der Waals surface area (Å²) >= 11 is 1.18. The molecule has 1 N–H and O–H groups in total. The Kier molecular flexibility index (Phi) is 3.89. The first-order valence-corrected chi connectivity index (χ1v) is 7.09. The fraction of sp³-hybridized carbons (Fsp3) is 0.818. The van der Waals surface area contributed by atoms with E-state index in [2.05, 4.69) is 29.4 Å². The topological polar surface area (TPSA) is 80.9 Å². The van der Waals surface area contributed by atoms with Crippen molar-refractivity contribution in [2.45, 2.75) is 50.7 Å². The van der Waals surface area contributed by atoms with Gasteiger partial charge in [-0.3, -0.25) is 4.79 Å². The van der Waals surface area contributed by atoms with Gasteiger partial charge in [-0.1, -0.05) is 32.0 Å². The second kappa shape index (κ2) is 5.26. The van der Waals surface area contributed by atoms with E-state index in [1.165, 1.54) is 24.6 Å². The van der Waals surface area contributed by atoms with Crippen LogP contribution in [0, 0.1) is 5.41 Å². The van der Waals surface area contributed by atoms with Gasteiger partial charge in [-0.25, -0.2) is 4.68 Å². The monoisotopic (exact) mass is 270 g/mol. The molecule has 1 aromatic heterocycles. The predicted molar refractivity (Wildman–Crippen MR) is 67.5 cm³/mol. The number of carbonyl (C=O) groups is 1. The lowest BCUT2D eigenvalue weighted by Gasteiger charge is -2.35. The van der Waals surface area contributed by atoms with Gasteiger partial charge in [0.1, 0.15) is 0 Å². The minimum atomic E-state index is -0.849. The van der Waals surface area contributed by atoms with E-state index in [1.54, 1.807) is 4.68 Å². The summed E-state index contributed by atoms with van der Waals surface area (Å²) in [6.07, 6.45) is 4.50. The second-order valence-corrected chi connectivity index (χ2v) is 6.45. The van der Waals surface area contributed by atoms with Crippen LogP contribution in [0.3, 0.4) is 0 Å². The minimum Gasteiger partial charge on any atom is -0.481 e. The molecule has 7 heteroatoms. The van der Waals surface area contributed by atoms with Crippen LogP contribution in [0.25, 0.3) is 0 Å². The molecule has 0 aromatic carbocycles. The van der Waals surface area contributed by atoms with E-state index in [9.17, 15) is 4.79 Å². The van der Waals surface area contributed by atoms with Crippen LogP contribution in [0.2, 0.25) is 0 Å². The van der Waals surface area contributed by atoms with Gasteiger partial charge in [0, 0.05) is 0 Å². The molecule has 0 amide bonds. The molecule has 1 unspecified atom stereocenters. The van der Waals surface area contributed by atoms with Crippen molar-refractivity contribution < 1.29 is 9.90 Å². The number of nitrogens with zero attached hydrogens (tertiary/aromatic N) is 4. The Balaban J connectivity index is 2.08. The molecule has 1 aliphatic carbocycles. The van der Waals surface area contributed by atoms with E-state index in [1.807, 2.05) is 0 Å². The summed E-state index contributed by atoms with van der Waals surface area (Å²) in [5.74, 6) is -0.852. The van der Waals surface area contributed by atoms with Gasteiger partial charge in [0.25, 0.3) is 0 Å². The lowest BCUT2D eigenvalue weighted by Crippen LogP contribution is -2.26. The maximum Gasteiger partial charge on any atom is 0.313 e. The molecule has 1 aromatic rings. The van der Waals surface area contributed by atoms with Crippen LogP contribution in [0.1, 0.15) is 45.6 Å². The number of tetrazole rings is 1. The lowest BCUT2D eigenvalue weighted by atomic mass is 9.75. The Morgan fingerprint density at radius 3 is 3.06 bits per heavy atom. The summed E-state index contributed by atoms with van der Waals surface area (Å²) in [6, 6.07) is 0.292. The van der Waals surface area contributed by atoms with Crippen LogP contribution in [0.5, 0.6) is 0 Å². The van der Waals surface area contributed by atoms with Gasteiger partial charge in [-0.15, -0.1) is 5.10 Å². The SMILES string of the molecule is CC1(C)CCCC(n2nnnc2SCC(=O)O)C1. The Hall–Kier alpha value is -1.11. The molecule has 100 valence electrons. The van der Waals surface area contributed by atoms with Gasteiger partial charge in [0.15, 0.2) is 0 Å². The maximum absolute atomic E-state index is 10.6. The fourth-order valence-corrected chi connectivity index (χ4v) is 3.17. The summed E-state index contributed by atoms with van der Waals surface area (Å²) in [5.41, 5.74) is 0.309. The molecule has 1 saturated carbocycles. The lowest BCUT2D eigenvalue weighted by molar-refractivity contribution is -0.133. The van der Waals surface area contributed by atoms with Crippen LogP contribution < -0.4 is 0 Å². The molecule has 0 saturated heterocycles.